The predicted molar refractivity (Wildman–Crippen MR) is 53.2 cm³/mol. The lowest BCUT2D eigenvalue weighted by atomic mass is 10.2. The fourth-order valence-electron chi connectivity index (χ4n) is 1.21. The number of hydrogen-bond acceptors (Lipinski definition) is 2. The van der Waals surface area contributed by atoms with Crippen molar-refractivity contribution in [1.29, 1.82) is 0 Å². The zero-order valence-corrected chi connectivity index (χ0v) is 7.10. The van der Waals surface area contributed by atoms with Crippen LogP contribution in [-0.2, 0) is 0 Å². The SMILES string of the molecule is C=CC=Cc1nccc2occc12. The van der Waals surface area contributed by atoms with Crippen LogP contribution in [0.2, 0.25) is 0 Å². The van der Waals surface area contributed by atoms with Crippen molar-refractivity contribution in [3.8, 4) is 0 Å². The van der Waals surface area contributed by atoms with Crippen LogP contribution < -0.4 is 0 Å². The Morgan fingerprint density at radius 2 is 2.31 bits per heavy atom. The second-order valence-corrected chi connectivity index (χ2v) is 2.62. The lowest BCUT2D eigenvalue weighted by molar-refractivity contribution is 0.615. The third-order valence-electron chi connectivity index (χ3n) is 1.80. The quantitative estimate of drug-likeness (QED) is 0.649. The van der Waals surface area contributed by atoms with E-state index in [1.165, 1.54) is 0 Å². The number of pyridine rings is 1. The molecule has 0 aromatic carbocycles. The standard InChI is InChI=1S/C11H9NO/c1-2-3-4-10-9-6-8-13-11(9)5-7-12-10/h2-8H,1H2. The molecule has 2 aromatic heterocycles. The van der Waals surface area contributed by atoms with E-state index in [-0.39, 0.29) is 0 Å². The molecule has 64 valence electrons. The highest BCUT2D eigenvalue weighted by Gasteiger charge is 1.99. The first-order valence-corrected chi connectivity index (χ1v) is 4.03. The van der Waals surface area contributed by atoms with Gasteiger partial charge in [-0.25, -0.2) is 0 Å². The number of aromatic nitrogens is 1. The summed E-state index contributed by atoms with van der Waals surface area (Å²) in [5.41, 5.74) is 1.77. The highest BCUT2D eigenvalue weighted by molar-refractivity contribution is 5.84. The van der Waals surface area contributed by atoms with Gasteiger partial charge in [0.05, 0.1) is 12.0 Å². The molecule has 2 rings (SSSR count). The van der Waals surface area contributed by atoms with Crippen LogP contribution in [-0.4, -0.2) is 4.98 Å². The summed E-state index contributed by atoms with van der Waals surface area (Å²) >= 11 is 0. The van der Waals surface area contributed by atoms with Crippen LogP contribution in [0.25, 0.3) is 17.0 Å². The Labute approximate surface area is 76.2 Å². The van der Waals surface area contributed by atoms with E-state index >= 15 is 0 Å². The topological polar surface area (TPSA) is 26.0 Å². The molecular weight excluding hydrogens is 162 g/mol. The summed E-state index contributed by atoms with van der Waals surface area (Å²) in [5.74, 6) is 0. The second-order valence-electron chi connectivity index (χ2n) is 2.62. The number of allylic oxidation sites excluding steroid dienone is 2. The first-order valence-electron chi connectivity index (χ1n) is 4.03. The van der Waals surface area contributed by atoms with Crippen LogP contribution in [0, 0.1) is 0 Å². The molecular formula is C11H9NO. The molecule has 0 spiro atoms. The summed E-state index contributed by atoms with van der Waals surface area (Å²) in [6, 6.07) is 3.76. The van der Waals surface area contributed by atoms with Crippen LogP contribution in [0.5, 0.6) is 0 Å². The molecule has 0 N–H and O–H groups in total. The van der Waals surface area contributed by atoms with E-state index in [0.717, 1.165) is 16.7 Å². The van der Waals surface area contributed by atoms with Crippen molar-refractivity contribution in [3.63, 3.8) is 0 Å². The van der Waals surface area contributed by atoms with E-state index in [0.29, 0.717) is 0 Å². The van der Waals surface area contributed by atoms with Crippen molar-refractivity contribution < 1.29 is 4.42 Å². The van der Waals surface area contributed by atoms with Crippen molar-refractivity contribution in [2.45, 2.75) is 0 Å². The zero-order valence-electron chi connectivity index (χ0n) is 7.10. The molecule has 0 fully saturated rings. The number of fused-ring (bicyclic) bond motifs is 1. The highest BCUT2D eigenvalue weighted by Crippen LogP contribution is 2.18. The van der Waals surface area contributed by atoms with Gasteiger partial charge in [0.1, 0.15) is 5.58 Å². The molecule has 2 heterocycles. The fourth-order valence-corrected chi connectivity index (χ4v) is 1.21. The van der Waals surface area contributed by atoms with E-state index in [2.05, 4.69) is 11.6 Å². The molecule has 0 atom stereocenters. The van der Waals surface area contributed by atoms with Crippen LogP contribution in [0.4, 0.5) is 0 Å². The van der Waals surface area contributed by atoms with Crippen molar-refractivity contribution in [2.24, 2.45) is 0 Å². The third kappa shape index (κ3) is 1.38. The summed E-state index contributed by atoms with van der Waals surface area (Å²) in [6.45, 7) is 3.61. The van der Waals surface area contributed by atoms with Crippen molar-refractivity contribution >= 4 is 17.0 Å². The lowest BCUT2D eigenvalue weighted by Crippen LogP contribution is -1.78. The van der Waals surface area contributed by atoms with Gasteiger partial charge >= 0.3 is 0 Å². The van der Waals surface area contributed by atoms with Crippen LogP contribution in [0.3, 0.4) is 0 Å². The molecule has 2 heteroatoms. The Balaban J connectivity index is 2.60. The van der Waals surface area contributed by atoms with E-state index in [1.54, 1.807) is 18.5 Å². The Morgan fingerprint density at radius 1 is 1.38 bits per heavy atom. The number of hydrogen-bond donors (Lipinski definition) is 0. The van der Waals surface area contributed by atoms with Gasteiger partial charge in [0.2, 0.25) is 0 Å². The minimum Gasteiger partial charge on any atom is -0.464 e. The molecule has 0 bridgehead atoms. The summed E-state index contributed by atoms with van der Waals surface area (Å²) < 4.78 is 5.24. The Bertz CT molecular complexity index is 454. The average Bonchev–Trinajstić information content (AvgIpc) is 2.62. The maximum Gasteiger partial charge on any atom is 0.137 e. The van der Waals surface area contributed by atoms with Gasteiger partial charge < -0.3 is 4.42 Å². The van der Waals surface area contributed by atoms with E-state index < -0.39 is 0 Å². The smallest absolute Gasteiger partial charge is 0.137 e. The minimum atomic E-state index is 0.860. The molecule has 0 aliphatic heterocycles. The molecule has 2 nitrogen and oxygen atoms in total. The van der Waals surface area contributed by atoms with Gasteiger partial charge in [-0.2, -0.15) is 0 Å². The molecule has 13 heavy (non-hydrogen) atoms. The van der Waals surface area contributed by atoms with Gasteiger partial charge in [0, 0.05) is 11.6 Å². The molecule has 0 aliphatic rings. The maximum atomic E-state index is 5.24. The largest absolute Gasteiger partial charge is 0.464 e. The van der Waals surface area contributed by atoms with Gasteiger partial charge in [-0.3, -0.25) is 4.98 Å². The molecule has 2 aromatic rings. The van der Waals surface area contributed by atoms with Crippen LogP contribution >= 0.6 is 0 Å². The molecule has 0 amide bonds. The first kappa shape index (κ1) is 7.80. The Morgan fingerprint density at radius 3 is 3.15 bits per heavy atom. The summed E-state index contributed by atoms with van der Waals surface area (Å²) in [5, 5.41) is 1.03. The van der Waals surface area contributed by atoms with Gasteiger partial charge in [-0.05, 0) is 18.2 Å². The molecule has 0 unspecified atom stereocenters. The zero-order chi connectivity index (χ0) is 9.10. The molecule has 0 aliphatic carbocycles. The summed E-state index contributed by atoms with van der Waals surface area (Å²) in [6.07, 6.45) is 8.88. The fraction of sp³-hybridized carbons (Fsp3) is 0. The van der Waals surface area contributed by atoms with Crippen molar-refractivity contribution in [1.82, 2.24) is 4.98 Å². The van der Waals surface area contributed by atoms with Gasteiger partial charge in [0.15, 0.2) is 0 Å². The van der Waals surface area contributed by atoms with Crippen molar-refractivity contribution in [2.75, 3.05) is 0 Å². The summed E-state index contributed by atoms with van der Waals surface area (Å²) in [4.78, 5) is 4.22. The van der Waals surface area contributed by atoms with Crippen LogP contribution in [0.1, 0.15) is 5.69 Å². The minimum absolute atomic E-state index is 0.860. The normalized spacial score (nSPS) is 11.1. The number of nitrogens with zero attached hydrogens (tertiary/aromatic N) is 1. The third-order valence-corrected chi connectivity index (χ3v) is 1.80. The summed E-state index contributed by atoms with van der Waals surface area (Å²) in [7, 11) is 0. The lowest BCUT2D eigenvalue weighted by Gasteiger charge is -1.92. The van der Waals surface area contributed by atoms with E-state index in [1.807, 2.05) is 24.3 Å². The molecule has 0 saturated heterocycles. The second kappa shape index (κ2) is 3.27. The Kier molecular flexibility index (Phi) is 1.96. The van der Waals surface area contributed by atoms with E-state index in [9.17, 15) is 0 Å². The monoisotopic (exact) mass is 171 g/mol. The average molecular weight is 171 g/mol. The van der Waals surface area contributed by atoms with Gasteiger partial charge in [0.25, 0.3) is 0 Å². The highest BCUT2D eigenvalue weighted by atomic mass is 16.3. The van der Waals surface area contributed by atoms with Crippen molar-refractivity contribution in [3.05, 3.63) is 49.0 Å². The van der Waals surface area contributed by atoms with E-state index in [4.69, 9.17) is 4.42 Å². The van der Waals surface area contributed by atoms with Crippen LogP contribution in [0.15, 0.2) is 47.7 Å². The number of furan rings is 1. The Hall–Kier alpha value is -1.83. The number of rotatable bonds is 2. The predicted octanol–water partition coefficient (Wildman–Crippen LogP) is 3.03. The maximum absolute atomic E-state index is 5.24. The molecule has 0 radical (unpaired) electrons. The molecule has 0 saturated carbocycles. The van der Waals surface area contributed by atoms with Gasteiger partial charge in [-0.1, -0.05) is 18.7 Å². The first-order chi connectivity index (χ1) is 6.42. The van der Waals surface area contributed by atoms with Gasteiger partial charge in [-0.15, -0.1) is 0 Å².